The Morgan fingerprint density at radius 3 is 2.55 bits per heavy atom. The topological polar surface area (TPSA) is 120 Å². The van der Waals surface area contributed by atoms with E-state index < -0.39 is 6.04 Å². The summed E-state index contributed by atoms with van der Waals surface area (Å²) in [6.07, 6.45) is 3.99. The molecular formula is C31H34N6O3. The van der Waals surface area contributed by atoms with E-state index in [0.29, 0.717) is 36.7 Å². The van der Waals surface area contributed by atoms with Crippen molar-refractivity contribution in [2.45, 2.75) is 31.8 Å². The lowest BCUT2D eigenvalue weighted by molar-refractivity contribution is -0.120. The highest BCUT2D eigenvalue weighted by molar-refractivity contribution is 5.83. The Balaban J connectivity index is 1.54. The molecule has 3 aromatic carbocycles. The van der Waals surface area contributed by atoms with Gasteiger partial charge in [0.1, 0.15) is 17.3 Å². The number of rotatable bonds is 12. The molecule has 1 unspecified atom stereocenters. The van der Waals surface area contributed by atoms with Gasteiger partial charge >= 0.3 is 0 Å². The summed E-state index contributed by atoms with van der Waals surface area (Å²) in [6, 6.07) is 23.7. The molecule has 0 aliphatic carbocycles. The third kappa shape index (κ3) is 6.00. The molecular weight excluding hydrogens is 504 g/mol. The van der Waals surface area contributed by atoms with Crippen molar-refractivity contribution in [3.05, 3.63) is 107 Å². The third-order valence-corrected chi connectivity index (χ3v) is 7.09. The van der Waals surface area contributed by atoms with Crippen molar-refractivity contribution in [1.29, 1.82) is 0 Å². The molecule has 40 heavy (non-hydrogen) atoms. The quantitative estimate of drug-likeness (QED) is 0.221. The number of benzene rings is 3. The number of carbonyl (C=O) groups excluding carboxylic acids is 1. The van der Waals surface area contributed by atoms with Gasteiger partial charge in [0.2, 0.25) is 5.91 Å². The summed E-state index contributed by atoms with van der Waals surface area (Å²) >= 11 is 0. The smallest absolute Gasteiger partial charge is 0.234 e. The summed E-state index contributed by atoms with van der Waals surface area (Å²) in [6.45, 7) is 0.341. The minimum atomic E-state index is -0.447. The molecule has 2 aromatic heterocycles. The SMILES string of the molecule is COc1ccc(Cn2c(CCc3ccccc3)nnc2C(Cc2c[nH]c3ccccc23)NC(=O)CN)c(OC)c1. The first-order chi connectivity index (χ1) is 19.6. The second kappa shape index (κ2) is 12.5. The van der Waals surface area contributed by atoms with E-state index in [2.05, 4.69) is 43.3 Å². The lowest BCUT2D eigenvalue weighted by Gasteiger charge is -2.21. The van der Waals surface area contributed by atoms with Gasteiger partial charge in [-0.2, -0.15) is 0 Å². The fourth-order valence-electron chi connectivity index (χ4n) is 5.00. The van der Waals surface area contributed by atoms with Crippen LogP contribution in [0.25, 0.3) is 10.9 Å². The number of aromatic amines is 1. The summed E-state index contributed by atoms with van der Waals surface area (Å²) in [7, 11) is 3.27. The van der Waals surface area contributed by atoms with Crippen LogP contribution in [0.5, 0.6) is 11.5 Å². The second-order valence-corrected chi connectivity index (χ2v) is 9.61. The van der Waals surface area contributed by atoms with Gasteiger partial charge < -0.3 is 30.1 Å². The molecule has 206 valence electrons. The van der Waals surface area contributed by atoms with Crippen LogP contribution >= 0.6 is 0 Å². The number of H-pyrrole nitrogens is 1. The van der Waals surface area contributed by atoms with Gasteiger partial charge in [-0.3, -0.25) is 4.79 Å². The van der Waals surface area contributed by atoms with Gasteiger partial charge in [-0.1, -0.05) is 48.5 Å². The molecule has 0 spiro atoms. The summed E-state index contributed by atoms with van der Waals surface area (Å²) in [5.74, 6) is 2.64. The standard InChI is InChI=1S/C31H34N6O3/c1-39-24-14-13-22(28(17-24)40-2)20-37-29(15-12-21-8-4-3-5-9-21)35-36-31(37)27(34-30(38)18-32)16-23-19-33-26-11-7-6-10-25(23)26/h3-11,13-14,17,19,27,33H,12,15-16,18,20,32H2,1-2H3,(H,34,38). The molecule has 0 saturated carbocycles. The van der Waals surface area contributed by atoms with E-state index in [1.807, 2.05) is 60.8 Å². The zero-order chi connectivity index (χ0) is 27.9. The number of aryl methyl sites for hydroxylation is 2. The molecule has 0 aliphatic rings. The van der Waals surface area contributed by atoms with Crippen molar-refractivity contribution in [1.82, 2.24) is 25.1 Å². The summed E-state index contributed by atoms with van der Waals surface area (Å²) < 4.78 is 13.2. The first-order valence-corrected chi connectivity index (χ1v) is 13.3. The zero-order valence-electron chi connectivity index (χ0n) is 22.8. The van der Waals surface area contributed by atoms with Crippen molar-refractivity contribution in [2.24, 2.45) is 5.73 Å². The Morgan fingerprint density at radius 2 is 1.77 bits per heavy atom. The van der Waals surface area contributed by atoms with Gasteiger partial charge in [-0.15, -0.1) is 10.2 Å². The average Bonchev–Trinajstić information content (AvgIpc) is 3.60. The highest BCUT2D eigenvalue weighted by Crippen LogP contribution is 2.29. The Bertz CT molecular complexity index is 1580. The molecule has 9 heteroatoms. The average molecular weight is 539 g/mol. The van der Waals surface area contributed by atoms with E-state index in [-0.39, 0.29) is 12.5 Å². The first kappa shape index (κ1) is 27.0. The van der Waals surface area contributed by atoms with Gasteiger partial charge in [-0.05, 0) is 35.7 Å². The van der Waals surface area contributed by atoms with Crippen LogP contribution in [0.2, 0.25) is 0 Å². The Labute approximate surface area is 233 Å². The predicted octanol–water partition coefficient (Wildman–Crippen LogP) is 3.97. The van der Waals surface area contributed by atoms with Gasteiger partial charge in [0, 0.05) is 41.6 Å². The van der Waals surface area contributed by atoms with Crippen LogP contribution in [-0.2, 0) is 30.6 Å². The molecule has 0 bridgehead atoms. The van der Waals surface area contributed by atoms with E-state index >= 15 is 0 Å². The number of ether oxygens (including phenoxy) is 2. The van der Waals surface area contributed by atoms with Gasteiger partial charge in [-0.25, -0.2) is 0 Å². The number of para-hydroxylation sites is 1. The summed E-state index contributed by atoms with van der Waals surface area (Å²) in [4.78, 5) is 15.9. The molecule has 0 saturated heterocycles. The van der Waals surface area contributed by atoms with Crippen LogP contribution in [0.1, 0.15) is 34.4 Å². The van der Waals surface area contributed by atoms with Crippen LogP contribution in [0.15, 0.2) is 79.0 Å². The summed E-state index contributed by atoms with van der Waals surface area (Å²) in [5.41, 5.74) is 9.98. The number of aromatic nitrogens is 4. The molecule has 0 aliphatic heterocycles. The van der Waals surface area contributed by atoms with Crippen LogP contribution in [-0.4, -0.2) is 46.4 Å². The van der Waals surface area contributed by atoms with Gasteiger partial charge in [0.05, 0.1) is 33.4 Å². The monoisotopic (exact) mass is 538 g/mol. The van der Waals surface area contributed by atoms with Crippen molar-refractivity contribution < 1.29 is 14.3 Å². The van der Waals surface area contributed by atoms with E-state index in [9.17, 15) is 4.79 Å². The normalized spacial score (nSPS) is 11.9. The number of nitrogens with two attached hydrogens (primary N) is 1. The molecule has 0 fully saturated rings. The molecule has 5 aromatic rings. The molecule has 1 amide bonds. The molecule has 9 nitrogen and oxygen atoms in total. The van der Waals surface area contributed by atoms with Crippen LogP contribution in [0.3, 0.4) is 0 Å². The maximum atomic E-state index is 12.6. The first-order valence-electron chi connectivity index (χ1n) is 13.3. The van der Waals surface area contributed by atoms with Gasteiger partial charge in [0.25, 0.3) is 0 Å². The number of hydrogen-bond donors (Lipinski definition) is 3. The van der Waals surface area contributed by atoms with E-state index in [1.54, 1.807) is 14.2 Å². The zero-order valence-corrected chi connectivity index (χ0v) is 22.8. The molecule has 2 heterocycles. The number of methoxy groups -OCH3 is 2. The van der Waals surface area contributed by atoms with E-state index in [1.165, 1.54) is 5.56 Å². The second-order valence-electron chi connectivity index (χ2n) is 9.61. The number of nitrogens with zero attached hydrogens (tertiary/aromatic N) is 3. The maximum absolute atomic E-state index is 12.6. The molecule has 5 rings (SSSR count). The molecule has 4 N–H and O–H groups in total. The molecule has 1 atom stereocenters. The van der Waals surface area contributed by atoms with Crippen molar-refractivity contribution >= 4 is 16.8 Å². The number of nitrogens with one attached hydrogen (secondary N) is 2. The summed E-state index contributed by atoms with van der Waals surface area (Å²) in [5, 5.41) is 13.5. The van der Waals surface area contributed by atoms with Crippen molar-refractivity contribution in [2.75, 3.05) is 20.8 Å². The van der Waals surface area contributed by atoms with Crippen LogP contribution < -0.4 is 20.5 Å². The number of fused-ring (bicyclic) bond motifs is 1. The Morgan fingerprint density at radius 1 is 0.975 bits per heavy atom. The highest BCUT2D eigenvalue weighted by Gasteiger charge is 2.25. The maximum Gasteiger partial charge on any atom is 0.234 e. The minimum absolute atomic E-state index is 0.119. The largest absolute Gasteiger partial charge is 0.497 e. The number of carbonyl (C=O) groups is 1. The highest BCUT2D eigenvalue weighted by atomic mass is 16.5. The Hall–Kier alpha value is -4.63. The number of amides is 1. The molecule has 0 radical (unpaired) electrons. The van der Waals surface area contributed by atoms with Crippen LogP contribution in [0.4, 0.5) is 0 Å². The predicted molar refractivity (Wildman–Crippen MR) is 154 cm³/mol. The Kier molecular flexibility index (Phi) is 8.41. The van der Waals surface area contributed by atoms with E-state index in [0.717, 1.165) is 34.3 Å². The van der Waals surface area contributed by atoms with Crippen LogP contribution in [0, 0.1) is 0 Å². The van der Waals surface area contributed by atoms with Gasteiger partial charge in [0.15, 0.2) is 5.82 Å². The minimum Gasteiger partial charge on any atom is -0.497 e. The van der Waals surface area contributed by atoms with Crippen molar-refractivity contribution in [3.8, 4) is 11.5 Å². The third-order valence-electron chi connectivity index (χ3n) is 7.09. The number of hydrogen-bond acceptors (Lipinski definition) is 6. The van der Waals surface area contributed by atoms with Crippen molar-refractivity contribution in [3.63, 3.8) is 0 Å². The lowest BCUT2D eigenvalue weighted by atomic mass is 10.0. The van der Waals surface area contributed by atoms with E-state index in [4.69, 9.17) is 15.2 Å². The lowest BCUT2D eigenvalue weighted by Crippen LogP contribution is -2.36. The fraction of sp³-hybridized carbons (Fsp3) is 0.258. The fourth-order valence-corrected chi connectivity index (χ4v) is 5.00.